The summed E-state index contributed by atoms with van der Waals surface area (Å²) >= 11 is 0. The van der Waals surface area contributed by atoms with Gasteiger partial charge in [-0.05, 0) is 77.4 Å². The van der Waals surface area contributed by atoms with Gasteiger partial charge in [-0.25, -0.2) is 0 Å². The zero-order valence-electron chi connectivity index (χ0n) is 39.1. The van der Waals surface area contributed by atoms with E-state index < -0.39 is 57.0 Å². The fraction of sp³-hybridized carbons (Fsp3) is 0.538. The molecule has 2 aliphatic carbocycles. The average Bonchev–Trinajstić information content (AvgIpc) is 3.48. The highest BCUT2D eigenvalue weighted by molar-refractivity contribution is 6.99. The molecular weight excluding hydrogens is 777 g/mol. The Balaban J connectivity index is 1.51. The van der Waals surface area contributed by atoms with Gasteiger partial charge in [-0.3, -0.25) is 0 Å². The number of allylic oxidation sites excluding steroid dienone is 2. The molecule has 0 aromatic heterocycles. The molecule has 1 heterocycles. The molecule has 3 aromatic rings. The van der Waals surface area contributed by atoms with Crippen molar-refractivity contribution >= 4 is 27.0 Å². The highest BCUT2D eigenvalue weighted by Crippen LogP contribution is 2.57. The number of rotatable bonds is 13. The molecule has 0 amide bonds. The number of aliphatic hydroxyl groups excluding tert-OH is 1. The summed E-state index contributed by atoms with van der Waals surface area (Å²) in [6, 6.07) is 31.9. The van der Waals surface area contributed by atoms with Crippen LogP contribution in [-0.4, -0.2) is 65.2 Å². The van der Waals surface area contributed by atoms with Gasteiger partial charge in [-0.15, -0.1) is 0 Å². The maximum absolute atomic E-state index is 13.6. The molecule has 326 valence electrons. The Bertz CT molecular complexity index is 1990. The van der Waals surface area contributed by atoms with Crippen molar-refractivity contribution < 1.29 is 28.2 Å². The summed E-state index contributed by atoms with van der Waals surface area (Å²) in [6.07, 6.45) is 5.94. The van der Waals surface area contributed by atoms with Crippen LogP contribution >= 0.6 is 0 Å². The van der Waals surface area contributed by atoms with E-state index in [4.69, 9.17) is 23.1 Å². The molecule has 0 bridgehead atoms. The van der Waals surface area contributed by atoms with Crippen LogP contribution in [0.1, 0.15) is 95.1 Å². The molecule has 6 nitrogen and oxygen atoms in total. The normalized spacial score (nSPS) is 26.4. The first-order valence-electron chi connectivity index (χ1n) is 22.1. The number of hydrogen-bond acceptors (Lipinski definition) is 6. The fourth-order valence-electron chi connectivity index (χ4n) is 9.97. The van der Waals surface area contributed by atoms with E-state index in [9.17, 15) is 5.11 Å². The number of hydrogen-bond donors (Lipinski definition) is 1. The smallest absolute Gasteiger partial charge is 0.261 e. The van der Waals surface area contributed by atoms with Gasteiger partial charge in [0.2, 0.25) is 0 Å². The van der Waals surface area contributed by atoms with Crippen molar-refractivity contribution in [2.45, 2.75) is 143 Å². The van der Waals surface area contributed by atoms with Crippen LogP contribution in [0, 0.1) is 16.7 Å². The zero-order chi connectivity index (χ0) is 44.0. The topological polar surface area (TPSA) is 66.4 Å². The molecule has 1 saturated heterocycles. The molecule has 0 radical (unpaired) electrons. The predicted octanol–water partition coefficient (Wildman–Crippen LogP) is 10.9. The van der Waals surface area contributed by atoms with E-state index in [1.54, 1.807) is 0 Å². The van der Waals surface area contributed by atoms with Crippen LogP contribution in [0.4, 0.5) is 0 Å². The summed E-state index contributed by atoms with van der Waals surface area (Å²) in [5.74, 6) is -1.39. The van der Waals surface area contributed by atoms with Crippen molar-refractivity contribution in [1.29, 1.82) is 0 Å². The van der Waals surface area contributed by atoms with Gasteiger partial charge >= 0.3 is 0 Å². The minimum absolute atomic E-state index is 0.0769. The molecule has 1 aliphatic heterocycles. The maximum atomic E-state index is 13.6. The molecule has 1 N–H and O–H groups in total. The van der Waals surface area contributed by atoms with Crippen LogP contribution in [0.3, 0.4) is 0 Å². The van der Waals surface area contributed by atoms with Crippen molar-refractivity contribution in [3.05, 3.63) is 132 Å². The summed E-state index contributed by atoms with van der Waals surface area (Å²) in [6.45, 7) is 32.9. The van der Waals surface area contributed by atoms with Crippen molar-refractivity contribution in [2.24, 2.45) is 16.7 Å². The first-order chi connectivity index (χ1) is 27.9. The second kappa shape index (κ2) is 17.0. The number of ether oxygens (including phenoxy) is 3. The molecule has 1 fully saturated rings. The molecule has 5 atom stereocenters. The van der Waals surface area contributed by atoms with Crippen molar-refractivity contribution in [3.63, 3.8) is 0 Å². The molecule has 1 spiro atoms. The second-order valence-electron chi connectivity index (χ2n) is 21.5. The Morgan fingerprint density at radius 2 is 1.32 bits per heavy atom. The van der Waals surface area contributed by atoms with E-state index in [1.807, 2.05) is 32.0 Å². The minimum atomic E-state index is -3.04. The summed E-state index contributed by atoms with van der Waals surface area (Å²) in [7, 11) is -5.11. The summed E-state index contributed by atoms with van der Waals surface area (Å²) in [5.41, 5.74) is 2.33. The number of aliphatic hydroxyl groups is 1. The molecular formula is C52H74O6Si2. The zero-order valence-corrected chi connectivity index (χ0v) is 41.1. The molecule has 60 heavy (non-hydrogen) atoms. The number of benzene rings is 3. The van der Waals surface area contributed by atoms with Crippen LogP contribution in [-0.2, 0) is 29.7 Å². The summed E-state index contributed by atoms with van der Waals surface area (Å²) < 4.78 is 35.5. The van der Waals surface area contributed by atoms with Gasteiger partial charge < -0.3 is 28.2 Å². The van der Waals surface area contributed by atoms with Crippen LogP contribution in [0.15, 0.2) is 126 Å². The van der Waals surface area contributed by atoms with Crippen molar-refractivity contribution in [3.8, 4) is 0 Å². The Hall–Kier alpha value is -2.93. The highest BCUT2D eigenvalue weighted by Gasteiger charge is 2.64. The molecule has 8 heteroatoms. The highest BCUT2D eigenvalue weighted by atomic mass is 28.4. The fourth-order valence-corrected chi connectivity index (χ4v) is 15.6. The minimum Gasteiger partial charge on any atom is -0.413 e. The summed E-state index contributed by atoms with van der Waals surface area (Å²) in [4.78, 5) is 0. The Kier molecular flexibility index (Phi) is 13.2. The average molecular weight is 851 g/mol. The Morgan fingerprint density at radius 3 is 1.82 bits per heavy atom. The van der Waals surface area contributed by atoms with E-state index in [1.165, 1.54) is 21.5 Å². The van der Waals surface area contributed by atoms with E-state index in [2.05, 4.69) is 173 Å². The van der Waals surface area contributed by atoms with Gasteiger partial charge in [0.25, 0.3) is 8.32 Å². The van der Waals surface area contributed by atoms with Gasteiger partial charge in [-0.2, -0.15) is 0 Å². The maximum Gasteiger partial charge on any atom is 0.261 e. The van der Waals surface area contributed by atoms with E-state index in [0.717, 1.165) is 17.6 Å². The van der Waals surface area contributed by atoms with E-state index in [-0.39, 0.29) is 10.1 Å². The standard InChI is InChI=1S/C52H74O6Si2/c1-38-30-31-42(49(8,9)43(38)35-56-59(13,14)47(2,3)4)45(53)46-51(12,36-57-60(48(5,6)7,40-26-20-16-21-27-40)41-28-22-17-23-29-41)44(54-34-39-24-18-15-19-25-39)32-33-52(46)37-55-50(10,11)58-52/h15-29,31-33,44-46,53H,30,34-37H2,1-14H3/t44-,45+,46-,51+,52+/m0/s1. The quantitative estimate of drug-likeness (QED) is 0.137. The Morgan fingerprint density at radius 1 is 0.767 bits per heavy atom. The van der Waals surface area contributed by atoms with Crippen LogP contribution < -0.4 is 10.4 Å². The van der Waals surface area contributed by atoms with Crippen LogP contribution in [0.25, 0.3) is 0 Å². The second-order valence-corrected chi connectivity index (χ2v) is 30.6. The Labute approximate surface area is 364 Å². The van der Waals surface area contributed by atoms with E-state index in [0.29, 0.717) is 26.4 Å². The lowest BCUT2D eigenvalue weighted by Gasteiger charge is -2.56. The first-order valence-corrected chi connectivity index (χ1v) is 26.9. The van der Waals surface area contributed by atoms with Crippen LogP contribution in [0.5, 0.6) is 0 Å². The van der Waals surface area contributed by atoms with Gasteiger partial charge in [0.1, 0.15) is 5.60 Å². The van der Waals surface area contributed by atoms with Gasteiger partial charge in [0.05, 0.1) is 32.0 Å². The molecule has 0 saturated carbocycles. The van der Waals surface area contributed by atoms with E-state index >= 15 is 0 Å². The molecule has 3 aliphatic rings. The van der Waals surface area contributed by atoms with Gasteiger partial charge in [0, 0.05) is 23.4 Å². The lowest BCUT2D eigenvalue weighted by Crippen LogP contribution is -2.69. The summed E-state index contributed by atoms with van der Waals surface area (Å²) in [5, 5.41) is 15.8. The molecule has 0 unspecified atom stereocenters. The third kappa shape index (κ3) is 8.83. The van der Waals surface area contributed by atoms with Gasteiger partial charge in [0.15, 0.2) is 14.1 Å². The lowest BCUT2D eigenvalue weighted by atomic mass is 9.56. The first kappa shape index (κ1) is 46.6. The SMILES string of the molecule is CC1=C(CO[Si](C)(C)C(C)(C)C)C(C)(C)C([C@@H](O)[C@H]2[C@](C)(CO[Si](c3ccccc3)(c3ccccc3)C(C)(C)C)[C@@H](OCc3ccccc3)C=C[C@@]23COC(C)(C)O3)=CC1. The molecule has 3 aromatic carbocycles. The molecule has 6 rings (SSSR count). The predicted molar refractivity (Wildman–Crippen MR) is 252 cm³/mol. The van der Waals surface area contributed by atoms with Crippen molar-refractivity contribution in [2.75, 3.05) is 19.8 Å². The monoisotopic (exact) mass is 851 g/mol. The largest absolute Gasteiger partial charge is 0.413 e. The van der Waals surface area contributed by atoms with Crippen molar-refractivity contribution in [1.82, 2.24) is 0 Å². The third-order valence-electron chi connectivity index (χ3n) is 14.4. The lowest BCUT2D eigenvalue weighted by molar-refractivity contribution is -0.203. The van der Waals surface area contributed by atoms with Gasteiger partial charge in [-0.1, -0.05) is 177 Å². The van der Waals surface area contributed by atoms with Crippen LogP contribution in [0.2, 0.25) is 23.2 Å². The third-order valence-corrected chi connectivity index (χ3v) is 23.9.